The van der Waals surface area contributed by atoms with Gasteiger partial charge in [-0.25, -0.2) is 0 Å². The predicted molar refractivity (Wildman–Crippen MR) is 231 cm³/mol. The van der Waals surface area contributed by atoms with Gasteiger partial charge in [0.05, 0.1) is 18.8 Å². The van der Waals surface area contributed by atoms with Gasteiger partial charge in [-0.15, -0.1) is 0 Å². The molecule has 3 unspecified atom stereocenters. The minimum atomic E-state index is -1.16. The van der Waals surface area contributed by atoms with Crippen LogP contribution in [0, 0.1) is 0 Å². The Balaban J connectivity index is 3.57. The van der Waals surface area contributed by atoms with Crippen molar-refractivity contribution < 1.29 is 20.1 Å². The second-order valence-electron chi connectivity index (χ2n) is 16.3. The first-order chi connectivity index (χ1) is 26.1. The van der Waals surface area contributed by atoms with Crippen molar-refractivity contribution in [3.8, 4) is 0 Å². The third kappa shape index (κ3) is 38.9. The summed E-state index contributed by atoms with van der Waals surface area (Å²) in [5.41, 5.74) is 0. The van der Waals surface area contributed by atoms with Crippen LogP contribution in [0.15, 0.2) is 24.3 Å². The molecule has 0 fully saturated rings. The molecule has 1 amide bonds. The van der Waals surface area contributed by atoms with E-state index in [2.05, 4.69) is 43.5 Å². The molecule has 0 aromatic rings. The van der Waals surface area contributed by atoms with Crippen LogP contribution in [0.3, 0.4) is 0 Å². The molecular weight excluding hydrogens is 655 g/mol. The molecule has 4 N–H and O–H groups in total. The van der Waals surface area contributed by atoms with Crippen LogP contribution < -0.4 is 5.32 Å². The Labute approximate surface area is 331 Å². The van der Waals surface area contributed by atoms with Crippen molar-refractivity contribution in [2.45, 2.75) is 270 Å². The van der Waals surface area contributed by atoms with Crippen LogP contribution in [-0.2, 0) is 4.79 Å². The molecule has 0 aliphatic carbocycles. The van der Waals surface area contributed by atoms with Crippen molar-refractivity contribution in [2.75, 3.05) is 6.61 Å². The monoisotopic (exact) mass is 748 g/mol. The highest BCUT2D eigenvalue weighted by Crippen LogP contribution is 2.17. The number of allylic oxidation sites excluding steroid dienone is 4. The summed E-state index contributed by atoms with van der Waals surface area (Å²) in [6, 6.07) is -0.828. The van der Waals surface area contributed by atoms with Gasteiger partial charge in [-0.2, -0.15) is 0 Å². The van der Waals surface area contributed by atoms with Crippen molar-refractivity contribution in [2.24, 2.45) is 0 Å². The van der Waals surface area contributed by atoms with Crippen molar-refractivity contribution in [3.05, 3.63) is 24.3 Å². The first-order valence-electron chi connectivity index (χ1n) is 23.6. The lowest BCUT2D eigenvalue weighted by atomic mass is 10.0. The number of nitrogens with one attached hydrogen (secondary N) is 1. The summed E-state index contributed by atoms with van der Waals surface area (Å²) in [5.74, 6) is -0.155. The van der Waals surface area contributed by atoms with E-state index in [0.29, 0.717) is 12.8 Å². The van der Waals surface area contributed by atoms with Crippen LogP contribution in [0.1, 0.15) is 251 Å². The molecule has 0 aliphatic rings. The van der Waals surface area contributed by atoms with Crippen LogP contribution in [-0.4, -0.2) is 46.1 Å². The molecule has 0 saturated heterocycles. The van der Waals surface area contributed by atoms with Gasteiger partial charge < -0.3 is 20.6 Å². The molecule has 3 atom stereocenters. The molecule has 5 nitrogen and oxygen atoms in total. The maximum absolute atomic E-state index is 12.4. The summed E-state index contributed by atoms with van der Waals surface area (Å²) in [6.45, 7) is 4.16. The molecule has 314 valence electrons. The first kappa shape index (κ1) is 51.8. The van der Waals surface area contributed by atoms with Gasteiger partial charge >= 0.3 is 0 Å². The van der Waals surface area contributed by atoms with Crippen molar-refractivity contribution in [1.82, 2.24) is 5.32 Å². The van der Waals surface area contributed by atoms with Crippen LogP contribution in [0.2, 0.25) is 0 Å². The second-order valence-corrected chi connectivity index (χ2v) is 16.3. The highest BCUT2D eigenvalue weighted by Gasteiger charge is 2.26. The Kier molecular flexibility index (Phi) is 42.6. The third-order valence-corrected chi connectivity index (χ3v) is 11.0. The molecular formula is C48H93NO4. The van der Waals surface area contributed by atoms with Gasteiger partial charge in [-0.1, -0.05) is 218 Å². The highest BCUT2D eigenvalue weighted by atomic mass is 16.3. The van der Waals surface area contributed by atoms with Crippen LogP contribution in [0.5, 0.6) is 0 Å². The maximum atomic E-state index is 12.4. The van der Waals surface area contributed by atoms with Crippen LogP contribution >= 0.6 is 0 Å². The van der Waals surface area contributed by atoms with E-state index in [4.69, 9.17) is 0 Å². The second kappa shape index (κ2) is 43.6. The van der Waals surface area contributed by atoms with Gasteiger partial charge in [0.1, 0.15) is 6.10 Å². The van der Waals surface area contributed by atoms with E-state index in [0.717, 1.165) is 44.9 Å². The van der Waals surface area contributed by atoms with E-state index in [9.17, 15) is 20.1 Å². The summed E-state index contributed by atoms with van der Waals surface area (Å²) in [4.78, 5) is 12.4. The first-order valence-corrected chi connectivity index (χ1v) is 23.6. The Hall–Kier alpha value is -1.17. The number of hydrogen-bond acceptors (Lipinski definition) is 4. The molecule has 0 rings (SSSR count). The number of rotatable bonds is 43. The minimum Gasteiger partial charge on any atom is -0.394 e. The molecule has 0 radical (unpaired) electrons. The van der Waals surface area contributed by atoms with E-state index in [1.807, 2.05) is 0 Å². The highest BCUT2D eigenvalue weighted by molar-refractivity contribution is 5.76. The summed E-state index contributed by atoms with van der Waals surface area (Å²) >= 11 is 0. The molecule has 5 heteroatoms. The molecule has 53 heavy (non-hydrogen) atoms. The molecule has 0 aliphatic heterocycles. The number of unbranched alkanes of at least 4 members (excludes halogenated alkanes) is 31. The van der Waals surface area contributed by atoms with Gasteiger partial charge in [-0.05, 0) is 51.4 Å². The Morgan fingerprint density at radius 2 is 0.774 bits per heavy atom. The lowest BCUT2D eigenvalue weighted by molar-refractivity contribution is -0.124. The SMILES string of the molecule is CCCCCCC/C=C/CC/C=C/CCCC(O)C(O)C(CO)NC(=O)CCCCCCCCCCCCCCCCCCCCCCCCCCC. The molecule has 0 bridgehead atoms. The standard InChI is InChI=1S/C48H93NO4/c1-3-5-7-9-11-13-15-17-19-20-21-22-23-24-25-26-27-28-29-31-33-35-37-39-41-43-47(52)49-45(44-50)48(53)46(51)42-40-38-36-34-32-30-18-16-14-12-10-8-6-4-2/h16,18,34,36,45-46,48,50-51,53H,3-15,17,19-33,35,37-44H2,1-2H3,(H,49,52)/b18-16+,36-34+. The van der Waals surface area contributed by atoms with Crippen LogP contribution in [0.4, 0.5) is 0 Å². The van der Waals surface area contributed by atoms with E-state index in [-0.39, 0.29) is 12.5 Å². The number of aliphatic hydroxyl groups excluding tert-OH is 3. The lowest BCUT2D eigenvalue weighted by Gasteiger charge is -2.26. The third-order valence-electron chi connectivity index (χ3n) is 11.0. The maximum Gasteiger partial charge on any atom is 0.220 e. The van der Waals surface area contributed by atoms with Crippen molar-refractivity contribution in [1.29, 1.82) is 0 Å². The zero-order valence-corrected chi connectivity index (χ0v) is 35.7. The summed E-state index contributed by atoms with van der Waals surface area (Å²) in [6.07, 6.45) is 53.1. The van der Waals surface area contributed by atoms with E-state index in [1.165, 1.54) is 180 Å². The minimum absolute atomic E-state index is 0.155. The van der Waals surface area contributed by atoms with Gasteiger partial charge in [0, 0.05) is 6.42 Å². The Bertz CT molecular complexity index is 784. The average molecular weight is 748 g/mol. The summed E-state index contributed by atoms with van der Waals surface area (Å²) < 4.78 is 0. The van der Waals surface area contributed by atoms with Gasteiger partial charge in [0.25, 0.3) is 0 Å². The zero-order chi connectivity index (χ0) is 38.7. The fourth-order valence-corrected chi connectivity index (χ4v) is 7.36. The normalized spacial score (nSPS) is 13.7. The zero-order valence-electron chi connectivity index (χ0n) is 35.7. The number of hydrogen-bond donors (Lipinski definition) is 4. The Morgan fingerprint density at radius 1 is 0.453 bits per heavy atom. The van der Waals surface area contributed by atoms with Crippen LogP contribution in [0.25, 0.3) is 0 Å². The predicted octanol–water partition coefficient (Wildman–Crippen LogP) is 13.8. The molecule has 0 spiro atoms. The number of amides is 1. The van der Waals surface area contributed by atoms with Crippen molar-refractivity contribution >= 4 is 5.91 Å². The molecule has 0 aromatic carbocycles. The smallest absolute Gasteiger partial charge is 0.220 e. The average Bonchev–Trinajstić information content (AvgIpc) is 3.16. The largest absolute Gasteiger partial charge is 0.394 e. The van der Waals surface area contributed by atoms with Crippen molar-refractivity contribution in [3.63, 3.8) is 0 Å². The lowest BCUT2D eigenvalue weighted by Crippen LogP contribution is -2.50. The number of carbonyl (C=O) groups excluding carboxylic acids is 1. The number of aliphatic hydroxyl groups is 3. The molecule has 0 saturated carbocycles. The van der Waals surface area contributed by atoms with Gasteiger partial charge in [0.15, 0.2) is 0 Å². The van der Waals surface area contributed by atoms with E-state index < -0.39 is 18.2 Å². The summed E-state index contributed by atoms with van der Waals surface area (Å²) in [7, 11) is 0. The van der Waals surface area contributed by atoms with E-state index >= 15 is 0 Å². The fraction of sp³-hybridized carbons (Fsp3) is 0.896. The topological polar surface area (TPSA) is 89.8 Å². The fourth-order valence-electron chi connectivity index (χ4n) is 7.36. The van der Waals surface area contributed by atoms with Gasteiger partial charge in [0.2, 0.25) is 5.91 Å². The molecule has 0 aromatic heterocycles. The van der Waals surface area contributed by atoms with Gasteiger partial charge in [-0.3, -0.25) is 4.79 Å². The molecule has 0 heterocycles. The van der Waals surface area contributed by atoms with E-state index in [1.54, 1.807) is 0 Å². The Morgan fingerprint density at radius 3 is 1.15 bits per heavy atom. The summed E-state index contributed by atoms with van der Waals surface area (Å²) in [5, 5.41) is 33.5. The quantitative estimate of drug-likeness (QED) is 0.0369. The number of carbonyl (C=O) groups is 1.